The van der Waals surface area contributed by atoms with Gasteiger partial charge >= 0.3 is 5.97 Å². The second kappa shape index (κ2) is 17.8. The first-order valence-electron chi connectivity index (χ1n) is 20.5. The van der Waals surface area contributed by atoms with Crippen molar-refractivity contribution in [1.82, 2.24) is 4.72 Å². The van der Waals surface area contributed by atoms with E-state index in [1.54, 1.807) is 43.5 Å². The van der Waals surface area contributed by atoms with Gasteiger partial charge in [-0.3, -0.25) is 14.9 Å². The molecule has 1 aliphatic heterocycles. The molecular formula is C46H56N2O12S. The van der Waals surface area contributed by atoms with E-state index in [0.717, 1.165) is 17.5 Å². The Balaban J connectivity index is 1.27. The van der Waals surface area contributed by atoms with E-state index >= 15 is 4.79 Å². The number of para-hydroxylation sites is 1. The van der Waals surface area contributed by atoms with E-state index in [0.29, 0.717) is 46.1 Å². The van der Waals surface area contributed by atoms with Crippen LogP contribution in [0.3, 0.4) is 0 Å². The molecule has 3 unspecified atom stereocenters. The Morgan fingerprint density at radius 3 is 2.36 bits per heavy atom. The van der Waals surface area contributed by atoms with Crippen LogP contribution >= 0.6 is 11.9 Å². The van der Waals surface area contributed by atoms with Gasteiger partial charge in [0.15, 0.2) is 11.9 Å². The molecule has 0 aromatic heterocycles. The average Bonchev–Trinajstić information content (AvgIpc) is 3.24. The van der Waals surface area contributed by atoms with Gasteiger partial charge in [-0.1, -0.05) is 56.3 Å². The Hall–Kier alpha value is -4.35. The molecular weight excluding hydrogens is 805 g/mol. The third-order valence-electron chi connectivity index (χ3n) is 13.9. The number of nitro benzene ring substituents is 1. The second-order valence-corrected chi connectivity index (χ2v) is 18.1. The molecule has 3 aliphatic carbocycles. The first kappa shape index (κ1) is 44.7. The third kappa shape index (κ3) is 8.10. The van der Waals surface area contributed by atoms with E-state index < -0.39 is 58.0 Å². The smallest absolute Gasteiger partial charge is 0.336 e. The van der Waals surface area contributed by atoms with E-state index in [1.807, 2.05) is 58.0 Å². The highest BCUT2D eigenvalue weighted by Gasteiger charge is 2.67. The summed E-state index contributed by atoms with van der Waals surface area (Å²) in [5.74, 6) is -0.207. The van der Waals surface area contributed by atoms with Crippen LogP contribution in [0.15, 0.2) is 88.8 Å². The van der Waals surface area contributed by atoms with Crippen LogP contribution < -0.4 is 14.2 Å². The molecule has 4 aliphatic rings. The maximum atomic E-state index is 15.0. The predicted molar refractivity (Wildman–Crippen MR) is 226 cm³/mol. The molecule has 0 spiro atoms. The van der Waals surface area contributed by atoms with Crippen LogP contribution in [0.4, 0.5) is 5.69 Å². The molecule has 7 rings (SSSR count). The number of ketones is 1. The van der Waals surface area contributed by atoms with Crippen LogP contribution in [-0.2, 0) is 39.7 Å². The maximum absolute atomic E-state index is 15.0. The maximum Gasteiger partial charge on any atom is 0.336 e. The Kier molecular flexibility index (Phi) is 13.0. The van der Waals surface area contributed by atoms with Gasteiger partial charge in [0.1, 0.15) is 34.8 Å². The molecule has 1 heterocycles. The summed E-state index contributed by atoms with van der Waals surface area (Å²) < 4.78 is 45.8. The van der Waals surface area contributed by atoms with E-state index in [4.69, 9.17) is 33.2 Å². The van der Waals surface area contributed by atoms with Crippen molar-refractivity contribution >= 4 is 29.4 Å². The number of fused-ring (bicyclic) bond motifs is 5. The number of carbonyl (C=O) groups is 2. The summed E-state index contributed by atoms with van der Waals surface area (Å²) in [5, 5.41) is 25.0. The van der Waals surface area contributed by atoms with Crippen LogP contribution in [-0.4, -0.2) is 92.9 Å². The van der Waals surface area contributed by atoms with Crippen molar-refractivity contribution in [2.45, 2.75) is 101 Å². The lowest BCUT2D eigenvalue weighted by atomic mass is 9.47. The zero-order valence-corrected chi connectivity index (χ0v) is 36.7. The van der Waals surface area contributed by atoms with Crippen molar-refractivity contribution in [3.8, 4) is 11.5 Å². The number of methoxy groups -OCH3 is 4. The molecule has 2 N–H and O–H groups in total. The predicted octanol–water partition coefficient (Wildman–Crippen LogP) is 6.97. The number of Topliss-reactive ketones (excluding diaryl/α,β-unsaturated/α-hetero) is 1. The molecule has 328 valence electrons. The van der Waals surface area contributed by atoms with Gasteiger partial charge in [-0.2, -0.15) is 0 Å². The lowest BCUT2D eigenvalue weighted by Crippen LogP contribution is -2.69. The first-order chi connectivity index (χ1) is 29.1. The SMILES string of the molecule is COc1ccc(C(NSc2ccccc2[N+](=O)[O-])O[C@H](Cc2ccccc2)C(=O)O[C@H]2C[C@@]3(O)CC4[C@@H]5COC5C[C@H](OC)[C@@]4(C)C(=O)[C@H](OC)C(=C2C)C3(C)C)c(OC)c1. The minimum Gasteiger partial charge on any atom is -0.497 e. The van der Waals surface area contributed by atoms with Crippen molar-refractivity contribution in [3.05, 3.63) is 105 Å². The fourth-order valence-corrected chi connectivity index (χ4v) is 11.0. The number of rotatable bonds is 15. The zero-order chi connectivity index (χ0) is 43.9. The van der Waals surface area contributed by atoms with Gasteiger partial charge < -0.3 is 38.3 Å². The average molecular weight is 861 g/mol. The number of hydrogen-bond acceptors (Lipinski definition) is 14. The number of hydrogen-bond donors (Lipinski definition) is 2. The number of benzene rings is 3. The highest BCUT2D eigenvalue weighted by atomic mass is 32.2. The highest BCUT2D eigenvalue weighted by molar-refractivity contribution is 7.97. The molecule has 2 bridgehead atoms. The molecule has 10 atom stereocenters. The molecule has 3 aromatic carbocycles. The monoisotopic (exact) mass is 860 g/mol. The molecule has 2 saturated carbocycles. The van der Waals surface area contributed by atoms with Gasteiger partial charge in [0, 0.05) is 62.5 Å². The van der Waals surface area contributed by atoms with Gasteiger partial charge in [-0.05, 0) is 73.0 Å². The number of nitro groups is 1. The number of aliphatic hydroxyl groups is 1. The summed E-state index contributed by atoms with van der Waals surface area (Å²) in [7, 11) is 6.14. The lowest BCUT2D eigenvalue weighted by Gasteiger charge is -2.63. The summed E-state index contributed by atoms with van der Waals surface area (Å²) in [5.41, 5.74) is -1.01. The van der Waals surface area contributed by atoms with Gasteiger partial charge in [0.05, 0.1) is 49.0 Å². The molecule has 1 saturated heterocycles. The largest absolute Gasteiger partial charge is 0.497 e. The number of nitrogens with zero attached hydrogens (tertiary/aromatic N) is 1. The minimum atomic E-state index is -1.44. The Labute approximate surface area is 360 Å². The van der Waals surface area contributed by atoms with Gasteiger partial charge in [0.2, 0.25) is 0 Å². The van der Waals surface area contributed by atoms with Crippen molar-refractivity contribution in [1.29, 1.82) is 0 Å². The molecule has 15 heteroatoms. The standard InChI is InChI=1S/C46H56N2O12S/c1-26-36(24-46(51)23-31-30-25-58-34(30)22-38(56-7)45(31,4)41(49)40(57-8)39(26)44(46,2)3)60-43(50)35(20-27-14-10-9-11-15-27)59-42(29-19-18-28(54-5)21-33(29)55-6)47-61-37-17-13-12-16-32(37)48(52)53/h9-19,21,30-31,34-36,38,40,42,47,51H,20,22-25H2,1-8H3/t30-,31?,34?,35+,36-,38-,40+,42?,45-,46-/m0/s1. The van der Waals surface area contributed by atoms with Gasteiger partial charge in [0.25, 0.3) is 5.69 Å². The summed E-state index contributed by atoms with van der Waals surface area (Å²) in [4.78, 5) is 41.7. The summed E-state index contributed by atoms with van der Waals surface area (Å²) in [6.07, 6.45) is -3.89. The summed E-state index contributed by atoms with van der Waals surface area (Å²) >= 11 is 0.977. The first-order valence-corrected chi connectivity index (χ1v) is 21.4. The number of carbonyl (C=O) groups excluding carboxylic acids is 2. The number of nitrogens with one attached hydrogen (secondary N) is 1. The Morgan fingerprint density at radius 1 is 1.00 bits per heavy atom. The fourth-order valence-electron chi connectivity index (χ4n) is 10.2. The number of esters is 1. The van der Waals surface area contributed by atoms with Crippen LogP contribution in [0, 0.1) is 32.8 Å². The number of ether oxygens (including phenoxy) is 7. The zero-order valence-electron chi connectivity index (χ0n) is 35.9. The van der Waals surface area contributed by atoms with Crippen molar-refractivity contribution in [2.75, 3.05) is 35.0 Å². The van der Waals surface area contributed by atoms with Gasteiger partial charge in [-0.25, -0.2) is 9.52 Å². The minimum absolute atomic E-state index is 0.0328. The van der Waals surface area contributed by atoms with Crippen molar-refractivity contribution < 1.29 is 52.8 Å². The van der Waals surface area contributed by atoms with Crippen LogP contribution in [0.1, 0.15) is 64.3 Å². The molecule has 0 radical (unpaired) electrons. The topological polar surface area (TPSA) is 174 Å². The van der Waals surface area contributed by atoms with Crippen LogP contribution in [0.5, 0.6) is 11.5 Å². The van der Waals surface area contributed by atoms with E-state index in [2.05, 4.69) is 4.72 Å². The lowest BCUT2D eigenvalue weighted by molar-refractivity contribution is -0.387. The molecule has 3 fully saturated rings. The van der Waals surface area contributed by atoms with Crippen LogP contribution in [0.2, 0.25) is 0 Å². The Bertz CT molecular complexity index is 2150. The van der Waals surface area contributed by atoms with E-state index in [1.165, 1.54) is 27.4 Å². The molecule has 61 heavy (non-hydrogen) atoms. The molecule has 0 amide bonds. The second-order valence-electron chi connectivity index (χ2n) is 17.2. The highest BCUT2D eigenvalue weighted by Crippen LogP contribution is 2.62. The molecule has 14 nitrogen and oxygen atoms in total. The third-order valence-corrected chi connectivity index (χ3v) is 14.8. The van der Waals surface area contributed by atoms with E-state index in [-0.39, 0.29) is 48.7 Å². The van der Waals surface area contributed by atoms with Crippen LogP contribution in [0.25, 0.3) is 0 Å². The fraction of sp³-hybridized carbons (Fsp3) is 0.522. The summed E-state index contributed by atoms with van der Waals surface area (Å²) in [6.45, 7) is 8.13. The van der Waals surface area contributed by atoms with Gasteiger partial charge in [-0.15, -0.1) is 0 Å². The van der Waals surface area contributed by atoms with E-state index in [9.17, 15) is 20.0 Å². The molecule has 3 aromatic rings. The van der Waals surface area contributed by atoms with Crippen molar-refractivity contribution in [2.24, 2.45) is 22.7 Å². The quantitative estimate of drug-likeness (QED) is 0.0401. The summed E-state index contributed by atoms with van der Waals surface area (Å²) in [6, 6.07) is 20.8. The Morgan fingerprint density at radius 2 is 1.72 bits per heavy atom. The normalized spacial score (nSPS) is 30.1. The van der Waals surface area contributed by atoms with Crippen molar-refractivity contribution in [3.63, 3.8) is 0 Å².